The Kier molecular flexibility index (Phi) is 4.90. The fourth-order valence-corrected chi connectivity index (χ4v) is 3.52. The molecule has 0 aliphatic carbocycles. The van der Waals surface area contributed by atoms with Gasteiger partial charge in [-0.3, -0.25) is 14.5 Å². The van der Waals surface area contributed by atoms with E-state index in [2.05, 4.69) is 5.32 Å². The molecule has 1 N–H and O–H groups in total. The predicted molar refractivity (Wildman–Crippen MR) is 90.5 cm³/mol. The Bertz CT molecular complexity index is 793. The van der Waals surface area contributed by atoms with E-state index in [1.165, 1.54) is 11.8 Å². The number of rotatable bonds is 3. The molecule has 2 fully saturated rings. The molecule has 146 valence electrons. The summed E-state index contributed by atoms with van der Waals surface area (Å²) in [6.45, 7) is 5.16. The maximum absolute atomic E-state index is 14.2. The Morgan fingerprint density at radius 2 is 1.89 bits per heavy atom. The Morgan fingerprint density at radius 3 is 2.52 bits per heavy atom. The molecule has 7 nitrogen and oxygen atoms in total. The van der Waals surface area contributed by atoms with Gasteiger partial charge in [0.25, 0.3) is 5.91 Å². The van der Waals surface area contributed by atoms with Gasteiger partial charge < -0.3 is 15.0 Å². The Labute approximate surface area is 155 Å². The van der Waals surface area contributed by atoms with Crippen LogP contribution in [-0.4, -0.2) is 59.5 Å². The Balaban J connectivity index is 1.80. The molecule has 0 saturated carbocycles. The summed E-state index contributed by atoms with van der Waals surface area (Å²) in [6.07, 6.45) is -0.320. The summed E-state index contributed by atoms with van der Waals surface area (Å²) in [5.74, 6) is -2.78. The van der Waals surface area contributed by atoms with Crippen molar-refractivity contribution in [2.45, 2.75) is 38.5 Å². The van der Waals surface area contributed by atoms with Gasteiger partial charge in [0.15, 0.2) is 0 Å². The minimum Gasteiger partial charge on any atom is -0.372 e. The van der Waals surface area contributed by atoms with Crippen LogP contribution in [0.2, 0.25) is 0 Å². The van der Waals surface area contributed by atoms with Crippen LogP contribution in [0.15, 0.2) is 18.2 Å². The van der Waals surface area contributed by atoms with Crippen molar-refractivity contribution >= 4 is 17.8 Å². The highest BCUT2D eigenvalue weighted by molar-refractivity contribution is 6.09. The first-order valence-electron chi connectivity index (χ1n) is 8.64. The van der Waals surface area contributed by atoms with Crippen LogP contribution in [-0.2, 0) is 19.9 Å². The number of halogens is 2. The maximum Gasteiger partial charge on any atom is 0.325 e. The molecule has 9 heteroatoms. The van der Waals surface area contributed by atoms with Crippen LogP contribution >= 0.6 is 0 Å². The van der Waals surface area contributed by atoms with Crippen molar-refractivity contribution < 1.29 is 27.9 Å². The van der Waals surface area contributed by atoms with E-state index in [1.807, 2.05) is 13.8 Å². The highest BCUT2D eigenvalue weighted by atomic mass is 19.1. The molecule has 4 amide bonds. The largest absolute Gasteiger partial charge is 0.372 e. The molecule has 0 aromatic heterocycles. The van der Waals surface area contributed by atoms with Gasteiger partial charge in [0.2, 0.25) is 5.91 Å². The normalized spacial score (nSPS) is 28.5. The minimum absolute atomic E-state index is 0.160. The second-order valence-corrected chi connectivity index (χ2v) is 7.13. The van der Waals surface area contributed by atoms with Gasteiger partial charge >= 0.3 is 6.03 Å². The van der Waals surface area contributed by atoms with Crippen LogP contribution in [0, 0.1) is 11.6 Å². The van der Waals surface area contributed by atoms with E-state index in [9.17, 15) is 23.2 Å². The van der Waals surface area contributed by atoms with Crippen LogP contribution in [0.4, 0.5) is 13.6 Å². The number of urea groups is 1. The molecule has 0 radical (unpaired) electrons. The highest BCUT2D eigenvalue weighted by Gasteiger charge is 2.51. The molecule has 3 rings (SSSR count). The molecule has 27 heavy (non-hydrogen) atoms. The van der Waals surface area contributed by atoms with E-state index in [4.69, 9.17) is 4.74 Å². The summed E-state index contributed by atoms with van der Waals surface area (Å²) >= 11 is 0. The average Bonchev–Trinajstić information content (AvgIpc) is 2.80. The summed E-state index contributed by atoms with van der Waals surface area (Å²) in [5.41, 5.74) is -2.07. The lowest BCUT2D eigenvalue weighted by Gasteiger charge is -2.35. The van der Waals surface area contributed by atoms with Gasteiger partial charge in [-0.05, 0) is 39.0 Å². The van der Waals surface area contributed by atoms with Crippen molar-refractivity contribution in [1.29, 1.82) is 0 Å². The summed E-state index contributed by atoms with van der Waals surface area (Å²) in [6, 6.07) is 1.85. The first kappa shape index (κ1) is 19.2. The topological polar surface area (TPSA) is 79.0 Å². The molecular weight excluding hydrogens is 360 g/mol. The molecule has 0 bridgehead atoms. The fraction of sp³-hybridized carbons (Fsp3) is 0.500. The van der Waals surface area contributed by atoms with Crippen molar-refractivity contribution in [1.82, 2.24) is 15.1 Å². The van der Waals surface area contributed by atoms with Crippen LogP contribution in [0.1, 0.15) is 26.3 Å². The van der Waals surface area contributed by atoms with Gasteiger partial charge in [0.1, 0.15) is 23.7 Å². The van der Waals surface area contributed by atoms with Crippen LogP contribution in [0.5, 0.6) is 0 Å². The smallest absolute Gasteiger partial charge is 0.325 e. The molecule has 2 aliphatic heterocycles. The predicted octanol–water partition coefficient (Wildman–Crippen LogP) is 1.37. The number of morpholine rings is 1. The second-order valence-electron chi connectivity index (χ2n) is 7.13. The van der Waals surface area contributed by atoms with Crippen molar-refractivity contribution in [3.63, 3.8) is 0 Å². The quantitative estimate of drug-likeness (QED) is 0.802. The van der Waals surface area contributed by atoms with Gasteiger partial charge in [0.05, 0.1) is 12.2 Å². The molecule has 0 unspecified atom stereocenters. The first-order valence-corrected chi connectivity index (χ1v) is 8.64. The third kappa shape index (κ3) is 3.51. The van der Waals surface area contributed by atoms with Crippen molar-refractivity contribution in [2.24, 2.45) is 0 Å². The molecule has 2 aliphatic rings. The number of carbonyl (C=O) groups is 3. The van der Waals surface area contributed by atoms with Crippen molar-refractivity contribution in [3.8, 4) is 0 Å². The Morgan fingerprint density at radius 1 is 1.26 bits per heavy atom. The molecule has 0 spiro atoms. The summed E-state index contributed by atoms with van der Waals surface area (Å²) in [5, 5.41) is 2.38. The van der Waals surface area contributed by atoms with E-state index >= 15 is 0 Å². The molecule has 1 aromatic carbocycles. The lowest BCUT2D eigenvalue weighted by molar-refractivity contribution is -0.146. The zero-order valence-corrected chi connectivity index (χ0v) is 15.3. The molecule has 1 aromatic rings. The summed E-state index contributed by atoms with van der Waals surface area (Å²) < 4.78 is 33.3. The van der Waals surface area contributed by atoms with E-state index in [0.29, 0.717) is 13.1 Å². The minimum atomic E-state index is -1.78. The van der Waals surface area contributed by atoms with E-state index < -0.39 is 41.6 Å². The van der Waals surface area contributed by atoms with Crippen LogP contribution in [0.25, 0.3) is 0 Å². The van der Waals surface area contributed by atoms with E-state index in [1.54, 1.807) is 0 Å². The SMILES string of the molecule is C[C@@H]1CN(C(=O)CN2C(=O)N[C@](C)(c3cc(F)ccc3F)C2=O)C[C@@H](C)O1. The maximum atomic E-state index is 14.2. The van der Waals surface area contributed by atoms with Gasteiger partial charge in [-0.25, -0.2) is 13.6 Å². The molecular formula is C18H21F2N3O4. The van der Waals surface area contributed by atoms with Gasteiger partial charge in [-0.15, -0.1) is 0 Å². The summed E-state index contributed by atoms with van der Waals surface area (Å²) in [7, 11) is 0. The van der Waals surface area contributed by atoms with E-state index in [0.717, 1.165) is 23.1 Å². The standard InChI is InChI=1S/C18H21F2N3O4/c1-10-7-22(8-11(2)27-10)15(24)9-23-16(25)18(3,21-17(23)26)13-6-12(19)4-5-14(13)20/h4-6,10-11H,7-9H2,1-3H3,(H,21,26)/t10-,11-,18-/m1/s1. The number of imide groups is 1. The van der Waals surface area contributed by atoms with Crippen LogP contribution < -0.4 is 5.32 Å². The molecule has 2 saturated heterocycles. The average molecular weight is 381 g/mol. The van der Waals surface area contributed by atoms with Gasteiger partial charge in [0, 0.05) is 18.7 Å². The summed E-state index contributed by atoms with van der Waals surface area (Å²) in [4.78, 5) is 39.9. The number of nitrogens with one attached hydrogen (secondary N) is 1. The third-order valence-electron chi connectivity index (χ3n) is 4.81. The highest BCUT2D eigenvalue weighted by Crippen LogP contribution is 2.31. The monoisotopic (exact) mass is 381 g/mol. The second kappa shape index (κ2) is 6.88. The number of benzene rings is 1. The number of hydrogen-bond donors (Lipinski definition) is 1. The zero-order chi connectivity index (χ0) is 19.9. The first-order chi connectivity index (χ1) is 12.6. The third-order valence-corrected chi connectivity index (χ3v) is 4.81. The van der Waals surface area contributed by atoms with Gasteiger partial charge in [-0.2, -0.15) is 0 Å². The lowest BCUT2D eigenvalue weighted by atomic mass is 9.91. The number of hydrogen-bond acceptors (Lipinski definition) is 4. The zero-order valence-electron chi connectivity index (χ0n) is 15.3. The van der Waals surface area contributed by atoms with E-state index in [-0.39, 0.29) is 17.8 Å². The number of amides is 4. The number of ether oxygens (including phenoxy) is 1. The van der Waals surface area contributed by atoms with Crippen molar-refractivity contribution in [3.05, 3.63) is 35.4 Å². The lowest BCUT2D eigenvalue weighted by Crippen LogP contribution is -2.52. The molecule has 2 heterocycles. The van der Waals surface area contributed by atoms with Crippen molar-refractivity contribution in [2.75, 3.05) is 19.6 Å². The molecule has 3 atom stereocenters. The number of carbonyl (C=O) groups excluding carboxylic acids is 3. The van der Waals surface area contributed by atoms with Gasteiger partial charge in [-0.1, -0.05) is 0 Å². The van der Waals surface area contributed by atoms with Crippen LogP contribution in [0.3, 0.4) is 0 Å². The Hall–Kier alpha value is -2.55. The fourth-order valence-electron chi connectivity index (χ4n) is 3.52. The number of nitrogens with zero attached hydrogens (tertiary/aromatic N) is 2.